The molecule has 2 nitrogen and oxygen atoms in total. The van der Waals surface area contributed by atoms with Crippen LogP contribution in [0.15, 0.2) is 18.7 Å². The Bertz CT molecular complexity index is 513. The number of phenols is 1. The van der Waals surface area contributed by atoms with Crippen molar-refractivity contribution in [3.63, 3.8) is 0 Å². The van der Waals surface area contributed by atoms with Gasteiger partial charge in [0.1, 0.15) is 5.75 Å². The number of benzene rings is 1. The van der Waals surface area contributed by atoms with Gasteiger partial charge in [-0.25, -0.2) is 0 Å². The third kappa shape index (κ3) is 3.17. The van der Waals surface area contributed by atoms with Gasteiger partial charge < -0.3 is 5.11 Å². The first-order chi connectivity index (χ1) is 8.48. The van der Waals surface area contributed by atoms with Gasteiger partial charge in [0.2, 0.25) is 0 Å². The van der Waals surface area contributed by atoms with Gasteiger partial charge in [0.25, 0.3) is 0 Å². The first-order valence-corrected chi connectivity index (χ1v) is 6.46. The number of hydrogen-bond donors (Lipinski definition) is 1. The molecule has 0 saturated heterocycles. The molecule has 0 spiro atoms. The average Bonchev–Trinajstić information content (AvgIpc) is 2.25. The molecule has 0 aliphatic rings. The van der Waals surface area contributed by atoms with Crippen LogP contribution in [-0.4, -0.2) is 5.11 Å². The van der Waals surface area contributed by atoms with Crippen molar-refractivity contribution in [2.24, 2.45) is 0 Å². The molecule has 0 aliphatic heterocycles. The van der Waals surface area contributed by atoms with Gasteiger partial charge in [0.15, 0.2) is 0 Å². The maximum Gasteiger partial charge on any atom is 0.123 e. The number of aromatic hydroxyl groups is 1. The number of nitriles is 1. The van der Waals surface area contributed by atoms with Crippen LogP contribution in [0, 0.1) is 11.3 Å². The second kappa shape index (κ2) is 4.74. The van der Waals surface area contributed by atoms with Gasteiger partial charge in [-0.1, -0.05) is 48.1 Å². The van der Waals surface area contributed by atoms with Crippen molar-refractivity contribution < 1.29 is 5.11 Å². The second-order valence-electron chi connectivity index (χ2n) is 7.01. The van der Waals surface area contributed by atoms with E-state index in [9.17, 15) is 5.11 Å². The molecule has 0 bridgehead atoms. The largest absolute Gasteiger partial charge is 0.507 e. The van der Waals surface area contributed by atoms with Crippen molar-refractivity contribution in [2.75, 3.05) is 0 Å². The molecule has 0 saturated carbocycles. The van der Waals surface area contributed by atoms with E-state index in [1.165, 1.54) is 0 Å². The van der Waals surface area contributed by atoms with Crippen LogP contribution in [-0.2, 0) is 10.8 Å². The minimum absolute atomic E-state index is 0.185. The Morgan fingerprint density at radius 2 is 1.42 bits per heavy atom. The lowest BCUT2D eigenvalue weighted by atomic mass is 9.78. The lowest BCUT2D eigenvalue weighted by Crippen LogP contribution is -2.17. The summed E-state index contributed by atoms with van der Waals surface area (Å²) in [4.78, 5) is 0. The molecule has 102 valence electrons. The smallest absolute Gasteiger partial charge is 0.123 e. The van der Waals surface area contributed by atoms with Crippen LogP contribution >= 0.6 is 0 Å². The molecule has 0 aliphatic carbocycles. The average molecular weight is 257 g/mol. The zero-order chi connectivity index (χ0) is 15.0. The topological polar surface area (TPSA) is 44.0 Å². The summed E-state index contributed by atoms with van der Waals surface area (Å²) in [5.74, 6) is 0.328. The number of nitrogens with zero attached hydrogens (tertiary/aromatic N) is 1. The highest BCUT2D eigenvalue weighted by atomic mass is 16.3. The Hall–Kier alpha value is -1.75. The van der Waals surface area contributed by atoms with E-state index in [4.69, 9.17) is 5.26 Å². The Morgan fingerprint density at radius 1 is 1.05 bits per heavy atom. The summed E-state index contributed by atoms with van der Waals surface area (Å²) in [5.41, 5.74) is 2.55. The van der Waals surface area contributed by atoms with Crippen molar-refractivity contribution in [3.8, 4) is 11.8 Å². The third-order valence-corrected chi connectivity index (χ3v) is 3.21. The Morgan fingerprint density at radius 3 is 1.68 bits per heavy atom. The first-order valence-electron chi connectivity index (χ1n) is 6.46. The fraction of sp³-hybridized carbons (Fsp3) is 0.471. The Labute approximate surface area is 116 Å². The zero-order valence-corrected chi connectivity index (χ0v) is 12.8. The van der Waals surface area contributed by atoms with Crippen LogP contribution in [0.5, 0.6) is 5.75 Å². The standard InChI is InChI=1S/C17H23NO/c1-11(10-18)12-8-13(16(2,3)4)15(19)14(9-12)17(5,6)7/h8-9,19H,1H2,2-7H3. The van der Waals surface area contributed by atoms with Crippen molar-refractivity contribution in [1.82, 2.24) is 0 Å². The maximum absolute atomic E-state index is 10.5. The van der Waals surface area contributed by atoms with Gasteiger partial charge in [-0.15, -0.1) is 0 Å². The molecule has 0 atom stereocenters. The van der Waals surface area contributed by atoms with E-state index in [0.717, 1.165) is 16.7 Å². The highest BCUT2D eigenvalue weighted by Crippen LogP contribution is 2.40. The van der Waals surface area contributed by atoms with Crippen LogP contribution in [0.4, 0.5) is 0 Å². The van der Waals surface area contributed by atoms with E-state index in [2.05, 4.69) is 12.6 Å². The van der Waals surface area contributed by atoms with Crippen LogP contribution in [0.3, 0.4) is 0 Å². The number of phenolic OH excluding ortho intramolecular Hbond substituents is 1. The van der Waals surface area contributed by atoms with Crippen molar-refractivity contribution in [2.45, 2.75) is 52.4 Å². The van der Waals surface area contributed by atoms with Crippen molar-refractivity contribution >= 4 is 5.57 Å². The number of allylic oxidation sites excluding steroid dienone is 1. The number of rotatable bonds is 1. The molecular weight excluding hydrogens is 234 g/mol. The summed E-state index contributed by atoms with van der Waals surface area (Å²) >= 11 is 0. The number of hydrogen-bond acceptors (Lipinski definition) is 2. The molecule has 0 fully saturated rings. The molecule has 1 N–H and O–H groups in total. The molecular formula is C17H23NO. The maximum atomic E-state index is 10.5. The Balaban J connectivity index is 3.68. The van der Waals surface area contributed by atoms with Gasteiger partial charge in [-0.05, 0) is 28.5 Å². The molecule has 1 aromatic carbocycles. The highest BCUT2D eigenvalue weighted by Gasteiger charge is 2.26. The molecule has 0 amide bonds. The van der Waals surface area contributed by atoms with Gasteiger partial charge in [0.05, 0.1) is 11.6 Å². The summed E-state index contributed by atoms with van der Waals surface area (Å²) in [6.45, 7) is 16.1. The molecule has 1 rings (SSSR count). The summed E-state index contributed by atoms with van der Waals surface area (Å²) in [6.07, 6.45) is 0. The van der Waals surface area contributed by atoms with E-state index in [1.54, 1.807) is 0 Å². The predicted molar refractivity (Wildman–Crippen MR) is 80.2 cm³/mol. The van der Waals surface area contributed by atoms with E-state index in [1.807, 2.05) is 53.7 Å². The molecule has 0 heterocycles. The monoisotopic (exact) mass is 257 g/mol. The fourth-order valence-electron chi connectivity index (χ4n) is 2.02. The quantitative estimate of drug-likeness (QED) is 0.751. The van der Waals surface area contributed by atoms with Gasteiger partial charge >= 0.3 is 0 Å². The van der Waals surface area contributed by atoms with E-state index < -0.39 is 0 Å². The van der Waals surface area contributed by atoms with E-state index in [-0.39, 0.29) is 10.8 Å². The van der Waals surface area contributed by atoms with Crippen LogP contribution in [0.2, 0.25) is 0 Å². The molecule has 0 aromatic heterocycles. The lowest BCUT2D eigenvalue weighted by molar-refractivity contribution is 0.423. The van der Waals surface area contributed by atoms with Crippen LogP contribution < -0.4 is 0 Å². The summed E-state index contributed by atoms with van der Waals surface area (Å²) in [7, 11) is 0. The molecule has 2 heteroatoms. The lowest BCUT2D eigenvalue weighted by Gasteiger charge is -2.28. The minimum Gasteiger partial charge on any atom is -0.507 e. The van der Waals surface area contributed by atoms with Crippen LogP contribution in [0.25, 0.3) is 5.57 Å². The molecule has 1 aromatic rings. The summed E-state index contributed by atoms with van der Waals surface area (Å²) in [5, 5.41) is 19.6. The summed E-state index contributed by atoms with van der Waals surface area (Å²) < 4.78 is 0. The molecule has 0 unspecified atom stereocenters. The normalized spacial score (nSPS) is 12.1. The SMILES string of the molecule is C=C(C#N)c1cc(C(C)(C)C)c(O)c(C(C)(C)C)c1. The molecule has 19 heavy (non-hydrogen) atoms. The first kappa shape index (κ1) is 15.3. The summed E-state index contributed by atoms with van der Waals surface area (Å²) in [6, 6.07) is 5.82. The highest BCUT2D eigenvalue weighted by molar-refractivity contribution is 5.76. The van der Waals surface area contributed by atoms with E-state index in [0.29, 0.717) is 11.3 Å². The van der Waals surface area contributed by atoms with Gasteiger partial charge in [0, 0.05) is 11.1 Å². The van der Waals surface area contributed by atoms with Gasteiger partial charge in [-0.3, -0.25) is 0 Å². The van der Waals surface area contributed by atoms with Gasteiger partial charge in [-0.2, -0.15) is 5.26 Å². The zero-order valence-electron chi connectivity index (χ0n) is 12.8. The van der Waals surface area contributed by atoms with Crippen molar-refractivity contribution in [1.29, 1.82) is 5.26 Å². The minimum atomic E-state index is -0.185. The third-order valence-electron chi connectivity index (χ3n) is 3.21. The fourth-order valence-corrected chi connectivity index (χ4v) is 2.02. The predicted octanol–water partition coefficient (Wildman–Crippen LogP) is 4.52. The van der Waals surface area contributed by atoms with Crippen molar-refractivity contribution in [3.05, 3.63) is 35.4 Å². The Kier molecular flexibility index (Phi) is 3.82. The van der Waals surface area contributed by atoms with E-state index >= 15 is 0 Å². The van der Waals surface area contributed by atoms with Crippen LogP contribution in [0.1, 0.15) is 58.2 Å². The second-order valence-corrected chi connectivity index (χ2v) is 7.01. The molecule has 0 radical (unpaired) electrons.